The van der Waals surface area contributed by atoms with Crippen LogP contribution in [0.1, 0.15) is 26.5 Å². The van der Waals surface area contributed by atoms with E-state index in [4.69, 9.17) is 5.73 Å². The second kappa shape index (κ2) is 4.65. The molecule has 0 atom stereocenters. The average molecular weight is 224 g/mol. The smallest absolute Gasteiger partial charge is 0.239 e. The Morgan fingerprint density at radius 3 is 2.69 bits per heavy atom. The summed E-state index contributed by atoms with van der Waals surface area (Å²) in [5.74, 6) is 0.486. The van der Waals surface area contributed by atoms with E-state index < -0.39 is 0 Å². The molecule has 0 aliphatic carbocycles. The summed E-state index contributed by atoms with van der Waals surface area (Å²) in [5.41, 5.74) is 6.40. The van der Waals surface area contributed by atoms with Crippen molar-refractivity contribution in [3.63, 3.8) is 0 Å². The van der Waals surface area contributed by atoms with Crippen LogP contribution in [-0.4, -0.2) is 22.2 Å². The Kier molecular flexibility index (Phi) is 3.70. The van der Waals surface area contributed by atoms with Gasteiger partial charge in [0.1, 0.15) is 5.82 Å². The van der Waals surface area contributed by atoms with Gasteiger partial charge in [0.2, 0.25) is 5.91 Å². The van der Waals surface area contributed by atoms with E-state index in [1.165, 1.54) is 0 Å². The number of amides is 1. The Morgan fingerprint density at radius 1 is 1.56 bits per heavy atom. The number of carbonyl (C=O) groups is 1. The molecule has 1 amide bonds. The molecule has 90 valence electrons. The molecule has 0 bridgehead atoms. The van der Waals surface area contributed by atoms with Crippen LogP contribution in [0.5, 0.6) is 0 Å². The molecule has 5 heteroatoms. The number of rotatable bonds is 3. The van der Waals surface area contributed by atoms with Gasteiger partial charge in [0.05, 0.1) is 12.2 Å². The normalized spacial score (nSPS) is 11.6. The van der Waals surface area contributed by atoms with Gasteiger partial charge in [-0.25, -0.2) is 0 Å². The van der Waals surface area contributed by atoms with Crippen LogP contribution in [0.4, 0.5) is 5.82 Å². The van der Waals surface area contributed by atoms with Gasteiger partial charge in [-0.15, -0.1) is 0 Å². The SMILES string of the molecule is Cn1nc(CC(C)(C)C)cc1NC(=O)CN. The molecule has 3 N–H and O–H groups in total. The quantitative estimate of drug-likeness (QED) is 0.801. The van der Waals surface area contributed by atoms with Crippen molar-refractivity contribution >= 4 is 11.7 Å². The first kappa shape index (κ1) is 12.7. The molecule has 1 heterocycles. The number of aromatic nitrogens is 2. The highest BCUT2D eigenvalue weighted by molar-refractivity contribution is 5.91. The van der Waals surface area contributed by atoms with Gasteiger partial charge in [-0.1, -0.05) is 20.8 Å². The number of aryl methyl sites for hydroxylation is 1. The fourth-order valence-electron chi connectivity index (χ4n) is 1.47. The van der Waals surface area contributed by atoms with Crippen LogP contribution >= 0.6 is 0 Å². The number of hydrogen-bond acceptors (Lipinski definition) is 3. The van der Waals surface area contributed by atoms with Crippen molar-refractivity contribution in [3.8, 4) is 0 Å². The van der Waals surface area contributed by atoms with Gasteiger partial charge in [-0.3, -0.25) is 9.48 Å². The fourth-order valence-corrected chi connectivity index (χ4v) is 1.47. The monoisotopic (exact) mass is 224 g/mol. The molecule has 0 aromatic carbocycles. The highest BCUT2D eigenvalue weighted by Gasteiger charge is 2.15. The van der Waals surface area contributed by atoms with E-state index in [2.05, 4.69) is 31.2 Å². The number of carbonyl (C=O) groups excluding carboxylic acids is 1. The van der Waals surface area contributed by atoms with E-state index >= 15 is 0 Å². The summed E-state index contributed by atoms with van der Waals surface area (Å²) >= 11 is 0. The number of nitrogens with one attached hydrogen (secondary N) is 1. The highest BCUT2D eigenvalue weighted by Crippen LogP contribution is 2.21. The summed E-state index contributed by atoms with van der Waals surface area (Å²) in [6.07, 6.45) is 0.874. The van der Waals surface area contributed by atoms with E-state index in [1.54, 1.807) is 11.7 Å². The van der Waals surface area contributed by atoms with Crippen LogP contribution < -0.4 is 11.1 Å². The number of hydrogen-bond donors (Lipinski definition) is 2. The van der Waals surface area contributed by atoms with Crippen molar-refractivity contribution in [2.75, 3.05) is 11.9 Å². The lowest BCUT2D eigenvalue weighted by molar-refractivity contribution is -0.114. The van der Waals surface area contributed by atoms with E-state index in [1.807, 2.05) is 6.07 Å². The van der Waals surface area contributed by atoms with Crippen LogP contribution in [0.3, 0.4) is 0 Å². The van der Waals surface area contributed by atoms with Crippen LogP contribution in [0, 0.1) is 5.41 Å². The highest BCUT2D eigenvalue weighted by atomic mass is 16.1. The lowest BCUT2D eigenvalue weighted by atomic mass is 9.91. The summed E-state index contributed by atoms with van der Waals surface area (Å²) in [5, 5.41) is 7.05. The third-order valence-electron chi connectivity index (χ3n) is 2.09. The Balaban J connectivity index is 2.78. The maximum Gasteiger partial charge on any atom is 0.239 e. The second-order valence-electron chi connectivity index (χ2n) is 5.13. The zero-order chi connectivity index (χ0) is 12.3. The summed E-state index contributed by atoms with van der Waals surface area (Å²) in [6.45, 7) is 6.44. The van der Waals surface area contributed by atoms with Crippen LogP contribution in [0.15, 0.2) is 6.07 Å². The van der Waals surface area contributed by atoms with Gasteiger partial charge in [0, 0.05) is 13.1 Å². The second-order valence-corrected chi connectivity index (χ2v) is 5.13. The summed E-state index contributed by atoms with van der Waals surface area (Å²) in [4.78, 5) is 11.2. The molecule has 0 unspecified atom stereocenters. The molecule has 1 rings (SSSR count). The lowest BCUT2D eigenvalue weighted by Crippen LogP contribution is -2.23. The Bertz CT molecular complexity index is 376. The molecule has 16 heavy (non-hydrogen) atoms. The molecule has 0 radical (unpaired) electrons. The number of anilines is 1. The summed E-state index contributed by atoms with van der Waals surface area (Å²) in [7, 11) is 1.80. The Labute approximate surface area is 96.0 Å². The molecule has 0 aliphatic rings. The molecular formula is C11H20N4O. The largest absolute Gasteiger partial charge is 0.322 e. The average Bonchev–Trinajstić information content (AvgIpc) is 2.43. The van der Waals surface area contributed by atoms with Crippen LogP contribution in [-0.2, 0) is 18.3 Å². The molecule has 0 saturated heterocycles. The van der Waals surface area contributed by atoms with Crippen molar-refractivity contribution in [1.82, 2.24) is 9.78 Å². The molecule has 5 nitrogen and oxygen atoms in total. The maximum absolute atomic E-state index is 11.2. The molecule has 1 aromatic rings. The van der Waals surface area contributed by atoms with E-state index in [9.17, 15) is 4.79 Å². The Hall–Kier alpha value is -1.36. The minimum absolute atomic E-state index is 0.0141. The van der Waals surface area contributed by atoms with Crippen molar-refractivity contribution in [2.45, 2.75) is 27.2 Å². The van der Waals surface area contributed by atoms with Crippen molar-refractivity contribution < 1.29 is 4.79 Å². The molecule has 1 aromatic heterocycles. The first-order chi connectivity index (χ1) is 7.31. The van der Waals surface area contributed by atoms with Crippen LogP contribution in [0.25, 0.3) is 0 Å². The zero-order valence-corrected chi connectivity index (χ0v) is 10.4. The zero-order valence-electron chi connectivity index (χ0n) is 10.4. The first-order valence-electron chi connectivity index (χ1n) is 5.34. The molecular weight excluding hydrogens is 204 g/mol. The first-order valence-corrected chi connectivity index (χ1v) is 5.34. The van der Waals surface area contributed by atoms with Crippen molar-refractivity contribution in [3.05, 3.63) is 11.8 Å². The van der Waals surface area contributed by atoms with Crippen LogP contribution in [0.2, 0.25) is 0 Å². The van der Waals surface area contributed by atoms with Gasteiger partial charge in [-0.2, -0.15) is 5.10 Å². The topological polar surface area (TPSA) is 72.9 Å². The minimum Gasteiger partial charge on any atom is -0.322 e. The fraction of sp³-hybridized carbons (Fsp3) is 0.636. The van der Waals surface area contributed by atoms with E-state index in [0.29, 0.717) is 5.82 Å². The number of nitrogens with two attached hydrogens (primary N) is 1. The predicted molar refractivity (Wildman–Crippen MR) is 64.1 cm³/mol. The van der Waals surface area contributed by atoms with Gasteiger partial charge in [-0.05, 0) is 11.8 Å². The molecule has 0 saturated carbocycles. The Morgan fingerprint density at radius 2 is 2.19 bits per heavy atom. The third kappa shape index (κ3) is 3.66. The van der Waals surface area contributed by atoms with E-state index in [-0.39, 0.29) is 17.9 Å². The summed E-state index contributed by atoms with van der Waals surface area (Å²) in [6, 6.07) is 1.89. The standard InChI is InChI=1S/C11H20N4O/c1-11(2,3)6-8-5-9(15(4)14-8)13-10(16)7-12/h5H,6-7,12H2,1-4H3,(H,13,16). The molecule has 0 spiro atoms. The maximum atomic E-state index is 11.2. The third-order valence-corrected chi connectivity index (χ3v) is 2.09. The van der Waals surface area contributed by atoms with Gasteiger partial charge < -0.3 is 11.1 Å². The van der Waals surface area contributed by atoms with Crippen molar-refractivity contribution in [1.29, 1.82) is 0 Å². The molecule has 0 fully saturated rings. The lowest BCUT2D eigenvalue weighted by Gasteiger charge is -2.15. The van der Waals surface area contributed by atoms with Gasteiger partial charge in [0.25, 0.3) is 0 Å². The van der Waals surface area contributed by atoms with E-state index in [0.717, 1.165) is 12.1 Å². The van der Waals surface area contributed by atoms with Gasteiger partial charge >= 0.3 is 0 Å². The van der Waals surface area contributed by atoms with Crippen molar-refractivity contribution in [2.24, 2.45) is 18.2 Å². The van der Waals surface area contributed by atoms with Gasteiger partial charge in [0.15, 0.2) is 0 Å². The summed E-state index contributed by atoms with van der Waals surface area (Å²) < 4.78 is 1.66. The number of nitrogens with zero attached hydrogens (tertiary/aromatic N) is 2. The molecule has 0 aliphatic heterocycles. The minimum atomic E-state index is -0.203. The predicted octanol–water partition coefficient (Wildman–Crippen LogP) is 0.906.